The maximum atomic E-state index is 12.3. The van der Waals surface area contributed by atoms with Crippen LogP contribution in [-0.4, -0.2) is 351 Å². The molecule has 12 atom stereocenters. The Bertz CT molecular complexity index is 8540. The van der Waals surface area contributed by atoms with Crippen molar-refractivity contribution in [3.63, 3.8) is 0 Å². The zero-order valence-electron chi connectivity index (χ0n) is 113. The molecule has 6 aliphatic rings. The third-order valence-corrected chi connectivity index (χ3v) is 25.6. The van der Waals surface area contributed by atoms with Crippen LogP contribution in [0.1, 0.15) is 157 Å². The van der Waals surface area contributed by atoms with Gasteiger partial charge in [0.2, 0.25) is 0 Å². The number of carbonyl (C=O) groups is 6. The summed E-state index contributed by atoms with van der Waals surface area (Å²) in [5.74, 6) is -8.45. The molecule has 18 rings (SSSR count). The standard InChI is InChI=1S/6C17H22N6O/c6*1-11-5-6-23(15(24)8-18-3)9-14(11)22(4)17-13-7-12(2)21-16(13)19-10-20-17/h6*7,10-11,14H,5-6,8-9H2,1-2,4H3,(H,19,20,21)/t6*11-,14+/m111111/s1/i1D3,7D,10D,11D,14D;7D,10D,11D,14D;1D3,7D,10D,14D;1D3,7D,10D,11D;7D,10D,14D;4D3,7D,10D. The second kappa shape index (κ2) is 47.7. The Hall–Kier alpha value is -15.7. The molecule has 0 aliphatic carbocycles. The van der Waals surface area contributed by atoms with E-state index in [1.54, 1.807) is 79.4 Å². The van der Waals surface area contributed by atoms with Gasteiger partial charge in [0.25, 0.3) is 39.3 Å². The van der Waals surface area contributed by atoms with Crippen LogP contribution in [0.25, 0.3) is 95.3 Å². The second-order valence-corrected chi connectivity index (χ2v) is 35.3. The molecule has 18 heterocycles. The number of nitrogens with one attached hydrogen (secondary N) is 6. The van der Waals surface area contributed by atoms with E-state index in [-0.39, 0.29) is 276 Å². The Kier molecular flexibility index (Phi) is 23.5. The van der Waals surface area contributed by atoms with Crippen molar-refractivity contribution in [2.24, 2.45) is 35.4 Å². The topological polar surface area (TPSA) is 417 Å². The van der Waals surface area contributed by atoms with Crippen molar-refractivity contribution in [1.29, 1.82) is 0 Å². The Morgan fingerprint density at radius 2 is 0.549 bits per heavy atom. The molecule has 0 saturated carbocycles. The predicted molar refractivity (Wildman–Crippen MR) is 556 cm³/mol. The van der Waals surface area contributed by atoms with Crippen molar-refractivity contribution in [3.05, 3.63) is 177 Å². The lowest BCUT2D eigenvalue weighted by Crippen LogP contribution is -2.53. The maximum absolute atomic E-state index is 12.3. The molecule has 0 aromatic carbocycles. The largest absolute Gasteiger partial charge is 0.354 e. The normalized spacial score (nSPS) is 27.9. The fraction of sp³-hybridized carbons (Fsp3) is 0.529. The van der Waals surface area contributed by atoms with Crippen LogP contribution >= 0.6 is 0 Å². The van der Waals surface area contributed by atoms with Gasteiger partial charge in [0.05, 0.1) is 82.2 Å². The van der Waals surface area contributed by atoms with Crippen LogP contribution in [0.15, 0.2) is 74.1 Å². The minimum Gasteiger partial charge on any atom is -0.354 e. The third-order valence-electron chi connectivity index (χ3n) is 25.6. The molecule has 12 aromatic rings. The minimum absolute atomic E-state index is 0.00863. The number of likely N-dealkylation sites (N-methyl/N-ethyl adjacent to an activating group) is 6. The molecule has 0 unspecified atom stereocenters. The van der Waals surface area contributed by atoms with E-state index in [1.807, 2.05) is 13.8 Å². The molecule has 0 spiro atoms. The van der Waals surface area contributed by atoms with Gasteiger partial charge in [0.15, 0.2) is 0 Å². The number of hydrogen-bond donors (Lipinski definition) is 6. The quantitative estimate of drug-likeness (QED) is 0.0435. The predicted octanol–water partition coefficient (Wildman–Crippen LogP) is 11.2. The van der Waals surface area contributed by atoms with Crippen LogP contribution in [0.4, 0.5) is 34.9 Å². The first kappa shape index (κ1) is 70.8. The SMILES string of the molecule is [2H]c1nc(N(C)[C@@]2([2H])CN(C(=O)C[N+]#[C-])CC[C@@]2([2H])C([2H])([2H])[2H])c2c([2H])c(C)[nH]c2n1.[2H]c1nc(N(C)[C@@]2([2H])CN(C(=O)C[N+]#[C-])CC[C@@]2([2H])C)c2c([2H])c(C)[nH]c2n1.[2H]c1nc(N(C)[C@@]2([2H])CN(C(=O)C[N+]#[C-])CC[C@H]2C([2H])([2H])[2H])c2c([2H])c(C)[nH]c2n1.[2H]c1nc(N(C)[C@@]2([2H])CN(C(=O)C[N+]#[C-])CC[C@H]2C)c2c([2H])c(C)[nH]c2n1.[2H]c1nc(N(C)[C@H]2CN(C(=O)C[N+]#[C-])CC[C@@]2([2H])C([2H])([2H])[2H])c2c([2H])c(C)[nH]c2n1.[2H]c1nc(N([C@H]2CN(C(=O)C[N+]#[C-])CC[C@H]2C)C([2H])([2H])[2H])c2c([2H])c(C)[nH]c2n1. The number of anilines is 6. The number of amides is 6. The van der Waals surface area contributed by atoms with E-state index in [4.69, 9.17) is 81.9 Å². The van der Waals surface area contributed by atoms with Gasteiger partial charge in [-0.15, -0.1) is 0 Å². The average molecular weight is 1990 g/mol. The number of fused-ring (bicyclic) bond motifs is 6. The highest BCUT2D eigenvalue weighted by Crippen LogP contribution is 2.38. The van der Waals surface area contributed by atoms with E-state index in [0.717, 1.165) is 9.80 Å². The monoisotopic (exact) mass is 1990 g/mol. The number of hydrogen-bond acceptors (Lipinski definition) is 24. The highest BCUT2D eigenvalue weighted by atomic mass is 16.2. The summed E-state index contributed by atoms with van der Waals surface area (Å²) < 4.78 is 256. The Balaban J connectivity index is 0.000000171. The molecular weight excluding hydrogens is 1830 g/mol. The first-order valence-electron chi connectivity index (χ1n) is 61.5. The molecule has 756 valence electrons. The molecule has 0 bridgehead atoms. The molecule has 6 aliphatic heterocycles. The number of aromatic amines is 6. The summed E-state index contributed by atoms with van der Waals surface area (Å²) in [6.45, 7) is 45.4. The van der Waals surface area contributed by atoms with E-state index in [9.17, 15) is 28.8 Å². The molecule has 0 radical (unpaired) electrons. The lowest BCUT2D eigenvalue weighted by molar-refractivity contribution is -0.131. The van der Waals surface area contributed by atoms with Crippen molar-refractivity contribution in [1.82, 2.24) is 119 Å². The average Bonchev–Trinajstić information content (AvgIpc) is 1.33. The van der Waals surface area contributed by atoms with Gasteiger partial charge in [-0.3, -0.25) is 28.8 Å². The summed E-state index contributed by atoms with van der Waals surface area (Å²) in [5, 5.41) is 1.89. The number of likely N-dealkylation sites (tertiary alicyclic amines) is 6. The Labute approximate surface area is 883 Å². The summed E-state index contributed by atoms with van der Waals surface area (Å²) >= 11 is 0. The van der Waals surface area contributed by atoms with E-state index >= 15 is 0 Å². The summed E-state index contributed by atoms with van der Waals surface area (Å²) in [6, 6.07) is -7.69. The van der Waals surface area contributed by atoms with E-state index in [1.165, 1.54) is 53.3 Å². The van der Waals surface area contributed by atoms with Gasteiger partial charge < -0.3 is 118 Å². The number of rotatable bonds is 18. The molecule has 6 saturated heterocycles. The van der Waals surface area contributed by atoms with E-state index in [2.05, 4.69) is 119 Å². The Morgan fingerprint density at radius 3 is 0.847 bits per heavy atom. The smallest absolute Gasteiger partial charge is 0.302 e. The van der Waals surface area contributed by atoms with E-state index in [0.29, 0.717) is 99.9 Å². The van der Waals surface area contributed by atoms with Crippen molar-refractivity contribution >= 4 is 137 Å². The molecule has 144 heavy (non-hydrogen) atoms. The second-order valence-electron chi connectivity index (χ2n) is 35.3. The zero-order valence-corrected chi connectivity index (χ0v) is 82.2. The molecule has 12 aromatic heterocycles. The molecule has 42 heteroatoms. The maximum Gasteiger partial charge on any atom is 0.302 e. The van der Waals surface area contributed by atoms with Gasteiger partial charge in [0, 0.05) is 175 Å². The fourth-order valence-corrected chi connectivity index (χ4v) is 17.6. The van der Waals surface area contributed by atoms with Crippen LogP contribution in [0, 0.1) is 116 Å². The number of aryl methyl sites for hydroxylation is 6. The summed E-state index contributed by atoms with van der Waals surface area (Å²) in [5.41, 5.74) is 4.84. The summed E-state index contributed by atoms with van der Waals surface area (Å²) in [7, 11) is 7.69. The van der Waals surface area contributed by atoms with Crippen molar-refractivity contribution in [2.45, 2.75) is 158 Å². The van der Waals surface area contributed by atoms with Crippen molar-refractivity contribution in [2.75, 3.05) is 189 Å². The van der Waals surface area contributed by atoms with Crippen molar-refractivity contribution < 1.29 is 71.3 Å². The lowest BCUT2D eigenvalue weighted by atomic mass is 9.92. The third kappa shape index (κ3) is 24.5. The fourth-order valence-electron chi connectivity index (χ4n) is 17.6. The van der Waals surface area contributed by atoms with Crippen molar-refractivity contribution in [3.8, 4) is 0 Å². The van der Waals surface area contributed by atoms with Crippen LogP contribution in [0.5, 0.6) is 0 Å². The van der Waals surface area contributed by atoms with Gasteiger partial charge in [-0.25, -0.2) is 99.2 Å². The molecule has 42 nitrogen and oxygen atoms in total. The number of nitrogens with zero attached hydrogens (tertiary/aromatic N) is 30. The lowest BCUT2D eigenvalue weighted by Gasteiger charge is -2.41. The number of piperidine rings is 6. The molecule has 6 N–H and O–H groups in total. The summed E-state index contributed by atoms with van der Waals surface area (Å²) in [4.78, 5) is 175. The minimum atomic E-state index is -2.87. The van der Waals surface area contributed by atoms with Gasteiger partial charge in [-0.1, -0.05) is 41.3 Å². The van der Waals surface area contributed by atoms with Crippen LogP contribution in [0.2, 0.25) is 0 Å². The summed E-state index contributed by atoms with van der Waals surface area (Å²) in [6.07, 6.45) is -0.783. The highest BCUT2D eigenvalue weighted by molar-refractivity contribution is 5.94. The van der Waals surface area contributed by atoms with Crippen LogP contribution in [0.3, 0.4) is 0 Å². The van der Waals surface area contributed by atoms with Crippen LogP contribution in [-0.2, 0) is 28.8 Å². The first-order valence-corrected chi connectivity index (χ1v) is 46.0. The molecular formula is C102H132N36O6. The van der Waals surface area contributed by atoms with Gasteiger partial charge in [0.1, 0.15) is 115 Å². The molecule has 6 amide bonds. The highest BCUT2D eigenvalue weighted by Gasteiger charge is 2.41. The van der Waals surface area contributed by atoms with Crippen LogP contribution < -0.4 is 29.4 Å². The molecule has 6 fully saturated rings. The number of aromatic nitrogens is 18. The van der Waals surface area contributed by atoms with Gasteiger partial charge in [-0.05, 0) is 152 Å². The van der Waals surface area contributed by atoms with Gasteiger partial charge in [-0.2, -0.15) is 0 Å². The number of carbonyl (C=O) groups excluding carboxylic acids is 6. The zero-order chi connectivity index (χ0) is 131. The van der Waals surface area contributed by atoms with E-state index < -0.39 is 124 Å². The first-order chi connectivity index (χ1) is 81.3. The Morgan fingerprint density at radius 1 is 0.312 bits per heavy atom. The number of H-pyrrole nitrogens is 6. The van der Waals surface area contributed by atoms with Gasteiger partial charge >= 0.3 is 35.4 Å².